The largest absolute Gasteiger partial charge is 0.509 e. The second-order valence-electron chi connectivity index (χ2n) is 11.4. The Bertz CT molecular complexity index is 978. The Hall–Kier alpha value is -2.19. The third-order valence-electron chi connectivity index (χ3n) is 8.16. The van der Waals surface area contributed by atoms with Crippen molar-refractivity contribution in [3.8, 4) is 0 Å². The third kappa shape index (κ3) is 6.11. The zero-order valence-electron chi connectivity index (χ0n) is 23.1. The molecule has 0 unspecified atom stereocenters. The highest BCUT2D eigenvalue weighted by atomic mass is 28.4. The van der Waals surface area contributed by atoms with Crippen molar-refractivity contribution in [2.45, 2.75) is 95.7 Å². The molecule has 0 saturated carbocycles. The molecular formula is C30H43NO5Si. The maximum absolute atomic E-state index is 12.2. The molecule has 2 heterocycles. The highest BCUT2D eigenvalue weighted by Crippen LogP contribution is 2.43. The minimum atomic E-state index is -2.12. The van der Waals surface area contributed by atoms with Crippen LogP contribution in [0.5, 0.6) is 0 Å². The first-order valence-electron chi connectivity index (χ1n) is 13.7. The number of carbonyl (C=O) groups is 1. The van der Waals surface area contributed by atoms with Crippen molar-refractivity contribution in [2.75, 3.05) is 13.2 Å². The van der Waals surface area contributed by atoms with Gasteiger partial charge in [-0.1, -0.05) is 102 Å². The Morgan fingerprint density at radius 3 is 2.00 bits per heavy atom. The van der Waals surface area contributed by atoms with Crippen molar-refractivity contribution in [1.29, 1.82) is 0 Å². The smallest absolute Gasteiger partial charge is 0.426 e. The summed E-state index contributed by atoms with van der Waals surface area (Å²) in [6.07, 6.45) is -1.80. The summed E-state index contributed by atoms with van der Waals surface area (Å²) in [5, 5.41) is 0. The van der Waals surface area contributed by atoms with Crippen molar-refractivity contribution in [3.63, 3.8) is 0 Å². The molecule has 2 aliphatic heterocycles. The molecule has 202 valence electrons. The first-order valence-corrected chi connectivity index (χ1v) is 15.8. The lowest BCUT2D eigenvalue weighted by molar-refractivity contribution is -0.135. The van der Waals surface area contributed by atoms with E-state index in [-0.39, 0.29) is 18.2 Å². The van der Waals surface area contributed by atoms with Gasteiger partial charge in [-0.25, -0.2) is 4.79 Å². The lowest BCUT2D eigenvalue weighted by Gasteiger charge is -2.48. The van der Waals surface area contributed by atoms with Crippen LogP contribution in [0.2, 0.25) is 16.6 Å². The number of fused-ring (bicyclic) bond motifs is 1. The van der Waals surface area contributed by atoms with Crippen LogP contribution >= 0.6 is 0 Å². The highest BCUT2D eigenvalue weighted by molar-refractivity contribution is 6.77. The minimum absolute atomic E-state index is 0.0807. The van der Waals surface area contributed by atoms with E-state index < -0.39 is 20.6 Å². The van der Waals surface area contributed by atoms with E-state index >= 15 is 0 Å². The van der Waals surface area contributed by atoms with E-state index in [1.165, 1.54) is 5.56 Å². The molecule has 4 rings (SSSR count). The standard InChI is InChI=1S/C30H43NO5Si/c1-21(2)37(22(3)4,23(5)6)34-20-26-28(33-19-25-15-11-8-12-16-25)29-27(35-30(32)36-29)18-31(26)17-24-13-9-7-10-14-24/h7-16,21-23,26-29H,17-20H2,1-6H3/t26-,27-,28-,29-/m1/s1. The summed E-state index contributed by atoms with van der Waals surface area (Å²) in [5.41, 5.74) is 3.71. The van der Waals surface area contributed by atoms with E-state index in [1.807, 2.05) is 24.3 Å². The summed E-state index contributed by atoms with van der Waals surface area (Å²) in [6, 6.07) is 20.5. The van der Waals surface area contributed by atoms with Gasteiger partial charge in [-0.15, -0.1) is 0 Å². The molecule has 2 saturated heterocycles. The number of hydrogen-bond acceptors (Lipinski definition) is 6. The second kappa shape index (κ2) is 12.1. The number of hydrogen-bond donors (Lipinski definition) is 0. The van der Waals surface area contributed by atoms with Crippen LogP contribution in [0.15, 0.2) is 60.7 Å². The van der Waals surface area contributed by atoms with Gasteiger partial charge in [0.15, 0.2) is 20.5 Å². The average Bonchev–Trinajstić information content (AvgIpc) is 3.24. The summed E-state index contributed by atoms with van der Waals surface area (Å²) in [6.45, 7) is 16.1. The minimum Gasteiger partial charge on any atom is -0.426 e. The van der Waals surface area contributed by atoms with Crippen molar-refractivity contribution < 1.29 is 23.4 Å². The van der Waals surface area contributed by atoms with Crippen molar-refractivity contribution in [1.82, 2.24) is 4.90 Å². The molecule has 2 aromatic rings. The summed E-state index contributed by atoms with van der Waals surface area (Å²) in [5.74, 6) is 0. The zero-order chi connectivity index (χ0) is 26.6. The van der Waals surface area contributed by atoms with Crippen molar-refractivity contribution in [2.24, 2.45) is 0 Å². The van der Waals surface area contributed by atoms with E-state index in [4.69, 9.17) is 18.6 Å². The molecule has 2 aliphatic rings. The molecule has 2 fully saturated rings. The lowest BCUT2D eigenvalue weighted by Crippen LogP contribution is -2.63. The van der Waals surface area contributed by atoms with Gasteiger partial charge in [0.2, 0.25) is 0 Å². The first kappa shape index (κ1) is 27.8. The normalized spacial score (nSPS) is 24.4. The average molecular weight is 526 g/mol. The molecule has 0 bridgehead atoms. The van der Waals surface area contributed by atoms with E-state index in [9.17, 15) is 4.79 Å². The third-order valence-corrected chi connectivity index (χ3v) is 14.2. The second-order valence-corrected chi connectivity index (χ2v) is 16.8. The van der Waals surface area contributed by atoms with Crippen LogP contribution in [0.3, 0.4) is 0 Å². The van der Waals surface area contributed by atoms with Gasteiger partial charge >= 0.3 is 6.16 Å². The van der Waals surface area contributed by atoms with Gasteiger partial charge in [0.1, 0.15) is 6.10 Å². The van der Waals surface area contributed by atoms with Crippen LogP contribution < -0.4 is 0 Å². The predicted octanol–water partition coefficient (Wildman–Crippen LogP) is 6.55. The Labute approximate surface area is 223 Å². The van der Waals surface area contributed by atoms with Crippen LogP contribution in [0.4, 0.5) is 4.79 Å². The number of rotatable bonds is 11. The number of carbonyl (C=O) groups excluding carboxylic acids is 1. The number of nitrogens with zero attached hydrogens (tertiary/aromatic N) is 1. The maximum atomic E-state index is 12.2. The SMILES string of the molecule is CC(C)[Si](OC[C@@H]1[C@@H](OCc2ccccc2)[C@@H]2OC(=O)O[C@@H]2CN1Cc1ccccc1)(C(C)C)C(C)C. The molecule has 0 radical (unpaired) electrons. The van der Waals surface area contributed by atoms with Crippen LogP contribution in [-0.2, 0) is 31.8 Å². The number of ether oxygens (including phenoxy) is 3. The van der Waals surface area contributed by atoms with Gasteiger partial charge < -0.3 is 18.6 Å². The van der Waals surface area contributed by atoms with Crippen LogP contribution in [0, 0.1) is 0 Å². The van der Waals surface area contributed by atoms with Gasteiger partial charge in [0, 0.05) is 13.1 Å². The zero-order valence-corrected chi connectivity index (χ0v) is 24.1. The van der Waals surface area contributed by atoms with Crippen LogP contribution in [-0.4, -0.2) is 56.9 Å². The number of benzene rings is 2. The Morgan fingerprint density at radius 2 is 1.43 bits per heavy atom. The summed E-state index contributed by atoms with van der Waals surface area (Å²) < 4.78 is 25.0. The molecule has 0 aliphatic carbocycles. The van der Waals surface area contributed by atoms with Gasteiger partial charge in [-0.3, -0.25) is 4.90 Å². The van der Waals surface area contributed by atoms with E-state index in [1.54, 1.807) is 0 Å². The summed E-state index contributed by atoms with van der Waals surface area (Å²) in [7, 11) is -2.12. The fraction of sp³-hybridized carbons (Fsp3) is 0.567. The Balaban J connectivity index is 1.66. The fourth-order valence-electron chi connectivity index (χ4n) is 6.52. The first-order chi connectivity index (χ1) is 17.7. The molecular weight excluding hydrogens is 482 g/mol. The molecule has 2 aromatic carbocycles. The lowest BCUT2D eigenvalue weighted by atomic mass is 9.93. The summed E-state index contributed by atoms with van der Waals surface area (Å²) in [4.78, 5) is 14.6. The molecule has 0 N–H and O–H groups in total. The topological polar surface area (TPSA) is 57.2 Å². The molecule has 7 heteroatoms. The maximum Gasteiger partial charge on any atom is 0.509 e. The molecule has 4 atom stereocenters. The molecule has 37 heavy (non-hydrogen) atoms. The van der Waals surface area contributed by atoms with Crippen LogP contribution in [0.25, 0.3) is 0 Å². The van der Waals surface area contributed by atoms with E-state index in [0.29, 0.717) is 36.4 Å². The quantitative estimate of drug-likeness (QED) is 0.245. The predicted molar refractivity (Wildman–Crippen MR) is 148 cm³/mol. The fourth-order valence-corrected chi connectivity index (χ4v) is 12.0. The van der Waals surface area contributed by atoms with Crippen LogP contribution in [0.1, 0.15) is 52.7 Å². The van der Waals surface area contributed by atoms with Gasteiger partial charge in [0.05, 0.1) is 19.3 Å². The molecule has 6 nitrogen and oxygen atoms in total. The highest BCUT2D eigenvalue weighted by Gasteiger charge is 2.53. The molecule has 0 spiro atoms. The molecule has 0 amide bonds. The summed E-state index contributed by atoms with van der Waals surface area (Å²) >= 11 is 0. The number of likely N-dealkylation sites (tertiary alicyclic amines) is 1. The van der Waals surface area contributed by atoms with E-state index in [0.717, 1.165) is 12.1 Å². The van der Waals surface area contributed by atoms with Gasteiger partial charge in [-0.05, 0) is 27.8 Å². The van der Waals surface area contributed by atoms with Crippen molar-refractivity contribution in [3.05, 3.63) is 71.8 Å². The molecule has 0 aromatic heterocycles. The Kier molecular flexibility index (Phi) is 9.11. The van der Waals surface area contributed by atoms with E-state index in [2.05, 4.69) is 82.8 Å². The monoisotopic (exact) mass is 525 g/mol. The van der Waals surface area contributed by atoms with Gasteiger partial charge in [0.25, 0.3) is 0 Å². The van der Waals surface area contributed by atoms with Crippen molar-refractivity contribution >= 4 is 14.5 Å². The number of piperidine rings is 1. The van der Waals surface area contributed by atoms with Gasteiger partial charge in [-0.2, -0.15) is 0 Å². The Morgan fingerprint density at radius 1 is 0.865 bits per heavy atom.